The van der Waals surface area contributed by atoms with E-state index in [0.717, 1.165) is 5.56 Å². The first-order chi connectivity index (χ1) is 12.5. The van der Waals surface area contributed by atoms with E-state index >= 15 is 0 Å². The molecule has 0 bridgehead atoms. The summed E-state index contributed by atoms with van der Waals surface area (Å²) in [5.74, 6) is 0.859. The molecule has 0 aliphatic heterocycles. The molecule has 0 fully saturated rings. The van der Waals surface area contributed by atoms with Crippen LogP contribution < -0.4 is 10.1 Å². The molecule has 0 unspecified atom stereocenters. The zero-order valence-electron chi connectivity index (χ0n) is 13.9. The standard InChI is InChI=1S/C19H16ClN3O3/c1-12-7-14(20)5-6-17(12)26-11-18(25)23-15-9-21-19(22-10-15)13-3-2-4-16(24)8-13/h2-10,24H,11H2,1H3,(H,23,25). The van der Waals surface area contributed by atoms with Gasteiger partial charge in [0.05, 0.1) is 18.1 Å². The Bertz CT molecular complexity index is 930. The van der Waals surface area contributed by atoms with Crippen LogP contribution in [0, 0.1) is 6.92 Å². The highest BCUT2D eigenvalue weighted by Gasteiger charge is 2.08. The Morgan fingerprint density at radius 1 is 1.19 bits per heavy atom. The first kappa shape index (κ1) is 17.7. The van der Waals surface area contributed by atoms with E-state index in [-0.39, 0.29) is 18.3 Å². The van der Waals surface area contributed by atoms with Crippen LogP contribution in [-0.2, 0) is 4.79 Å². The fourth-order valence-corrected chi connectivity index (χ4v) is 2.53. The molecule has 132 valence electrons. The normalized spacial score (nSPS) is 10.4. The minimum absolute atomic E-state index is 0.137. The van der Waals surface area contributed by atoms with Gasteiger partial charge in [0, 0.05) is 10.6 Å². The number of ether oxygens (including phenoxy) is 1. The second-order valence-corrected chi connectivity index (χ2v) is 6.03. The maximum atomic E-state index is 12.0. The number of nitrogens with one attached hydrogen (secondary N) is 1. The predicted molar refractivity (Wildman–Crippen MR) is 99.4 cm³/mol. The summed E-state index contributed by atoms with van der Waals surface area (Å²) < 4.78 is 5.49. The van der Waals surface area contributed by atoms with Gasteiger partial charge in [-0.3, -0.25) is 4.79 Å². The van der Waals surface area contributed by atoms with Crippen molar-refractivity contribution in [3.63, 3.8) is 0 Å². The van der Waals surface area contributed by atoms with Crippen molar-refractivity contribution in [1.29, 1.82) is 0 Å². The summed E-state index contributed by atoms with van der Waals surface area (Å²) in [5.41, 5.74) is 1.99. The van der Waals surface area contributed by atoms with Gasteiger partial charge in [-0.15, -0.1) is 0 Å². The van der Waals surface area contributed by atoms with Crippen molar-refractivity contribution in [2.75, 3.05) is 11.9 Å². The van der Waals surface area contributed by atoms with Crippen LogP contribution in [0.1, 0.15) is 5.56 Å². The van der Waals surface area contributed by atoms with Crippen molar-refractivity contribution in [1.82, 2.24) is 9.97 Å². The third kappa shape index (κ3) is 4.49. The number of hydrogen-bond acceptors (Lipinski definition) is 5. The molecule has 6 nitrogen and oxygen atoms in total. The lowest BCUT2D eigenvalue weighted by atomic mass is 10.2. The molecule has 1 aromatic heterocycles. The Kier molecular flexibility index (Phi) is 5.34. The van der Waals surface area contributed by atoms with Crippen molar-refractivity contribution >= 4 is 23.2 Å². The average molecular weight is 370 g/mol. The van der Waals surface area contributed by atoms with E-state index in [1.807, 2.05) is 6.92 Å². The number of aromatic nitrogens is 2. The maximum Gasteiger partial charge on any atom is 0.262 e. The van der Waals surface area contributed by atoms with E-state index in [9.17, 15) is 9.90 Å². The molecule has 0 aliphatic carbocycles. The second kappa shape index (κ2) is 7.84. The number of anilines is 1. The highest BCUT2D eigenvalue weighted by Crippen LogP contribution is 2.22. The maximum absolute atomic E-state index is 12.0. The number of halogens is 1. The molecule has 3 aromatic rings. The average Bonchev–Trinajstić information content (AvgIpc) is 2.61. The lowest BCUT2D eigenvalue weighted by Gasteiger charge is -2.10. The molecule has 0 saturated carbocycles. The van der Waals surface area contributed by atoms with Crippen LogP contribution in [0.2, 0.25) is 5.02 Å². The van der Waals surface area contributed by atoms with Gasteiger partial charge >= 0.3 is 0 Å². The van der Waals surface area contributed by atoms with E-state index in [4.69, 9.17) is 16.3 Å². The summed E-state index contributed by atoms with van der Waals surface area (Å²) in [6.45, 7) is 1.71. The van der Waals surface area contributed by atoms with Gasteiger partial charge in [-0.2, -0.15) is 0 Å². The molecular formula is C19H16ClN3O3. The molecular weight excluding hydrogens is 354 g/mol. The van der Waals surface area contributed by atoms with Gasteiger partial charge in [-0.25, -0.2) is 9.97 Å². The second-order valence-electron chi connectivity index (χ2n) is 5.59. The summed E-state index contributed by atoms with van der Waals surface area (Å²) in [7, 11) is 0. The van der Waals surface area contributed by atoms with Gasteiger partial charge in [0.25, 0.3) is 5.91 Å². The molecule has 26 heavy (non-hydrogen) atoms. The van der Waals surface area contributed by atoms with Crippen LogP contribution in [0.3, 0.4) is 0 Å². The quantitative estimate of drug-likeness (QED) is 0.714. The van der Waals surface area contributed by atoms with Gasteiger partial charge in [0.15, 0.2) is 12.4 Å². The highest BCUT2D eigenvalue weighted by molar-refractivity contribution is 6.30. The molecule has 1 amide bonds. The Hall–Kier alpha value is -3.12. The third-order valence-electron chi connectivity index (χ3n) is 3.54. The number of amides is 1. The minimum Gasteiger partial charge on any atom is -0.508 e. The first-order valence-corrected chi connectivity index (χ1v) is 8.19. The van der Waals surface area contributed by atoms with Crippen molar-refractivity contribution in [2.24, 2.45) is 0 Å². The van der Waals surface area contributed by atoms with Crippen molar-refractivity contribution < 1.29 is 14.6 Å². The van der Waals surface area contributed by atoms with E-state index in [2.05, 4.69) is 15.3 Å². The van der Waals surface area contributed by atoms with Crippen LogP contribution in [0.25, 0.3) is 11.4 Å². The van der Waals surface area contributed by atoms with Crippen LogP contribution in [0.4, 0.5) is 5.69 Å². The molecule has 2 N–H and O–H groups in total. The van der Waals surface area contributed by atoms with Crippen LogP contribution >= 0.6 is 11.6 Å². The largest absolute Gasteiger partial charge is 0.508 e. The fraction of sp³-hybridized carbons (Fsp3) is 0.105. The molecule has 1 heterocycles. The Balaban J connectivity index is 1.59. The minimum atomic E-state index is -0.326. The number of hydrogen-bond donors (Lipinski definition) is 2. The Morgan fingerprint density at radius 2 is 1.96 bits per heavy atom. The van der Waals surface area contributed by atoms with Crippen LogP contribution in [-0.4, -0.2) is 27.6 Å². The third-order valence-corrected chi connectivity index (χ3v) is 3.77. The molecule has 2 aromatic carbocycles. The van der Waals surface area contributed by atoms with Gasteiger partial charge < -0.3 is 15.2 Å². The molecule has 7 heteroatoms. The fourth-order valence-electron chi connectivity index (χ4n) is 2.30. The summed E-state index contributed by atoms with van der Waals surface area (Å²) in [6, 6.07) is 11.8. The monoisotopic (exact) mass is 369 g/mol. The number of phenolic OH excluding ortho intramolecular Hbond substituents is 1. The van der Waals surface area contributed by atoms with Crippen molar-refractivity contribution in [3.05, 3.63) is 65.4 Å². The van der Waals surface area contributed by atoms with Gasteiger partial charge in [-0.1, -0.05) is 23.7 Å². The van der Waals surface area contributed by atoms with Crippen molar-refractivity contribution in [2.45, 2.75) is 6.92 Å². The zero-order chi connectivity index (χ0) is 18.5. The number of carbonyl (C=O) groups is 1. The number of carbonyl (C=O) groups excluding carboxylic acids is 1. The van der Waals surface area contributed by atoms with E-state index < -0.39 is 0 Å². The number of aromatic hydroxyl groups is 1. The van der Waals surface area contributed by atoms with Gasteiger partial charge in [0.1, 0.15) is 11.5 Å². The van der Waals surface area contributed by atoms with Gasteiger partial charge in [0.2, 0.25) is 0 Å². The molecule has 0 saturated heterocycles. The zero-order valence-corrected chi connectivity index (χ0v) is 14.7. The number of phenols is 1. The van der Waals surface area contributed by atoms with E-state index in [1.165, 1.54) is 12.4 Å². The molecule has 0 radical (unpaired) electrons. The molecule has 0 spiro atoms. The molecule has 0 aliphatic rings. The lowest BCUT2D eigenvalue weighted by molar-refractivity contribution is -0.118. The smallest absolute Gasteiger partial charge is 0.262 e. The number of nitrogens with zero attached hydrogens (tertiary/aromatic N) is 2. The lowest BCUT2D eigenvalue weighted by Crippen LogP contribution is -2.20. The Morgan fingerprint density at radius 3 is 2.65 bits per heavy atom. The van der Waals surface area contributed by atoms with Crippen LogP contribution in [0.15, 0.2) is 54.9 Å². The first-order valence-electron chi connectivity index (χ1n) is 7.81. The van der Waals surface area contributed by atoms with E-state index in [0.29, 0.717) is 27.8 Å². The highest BCUT2D eigenvalue weighted by atomic mass is 35.5. The summed E-state index contributed by atoms with van der Waals surface area (Å²) in [6.07, 6.45) is 3.00. The topological polar surface area (TPSA) is 84.3 Å². The van der Waals surface area contributed by atoms with Gasteiger partial charge in [-0.05, 0) is 42.8 Å². The van der Waals surface area contributed by atoms with Crippen LogP contribution in [0.5, 0.6) is 11.5 Å². The SMILES string of the molecule is Cc1cc(Cl)ccc1OCC(=O)Nc1cnc(-c2cccc(O)c2)nc1. The number of rotatable bonds is 5. The predicted octanol–water partition coefficient (Wildman–Crippen LogP) is 3.83. The van der Waals surface area contributed by atoms with E-state index in [1.54, 1.807) is 42.5 Å². The molecule has 0 atom stereocenters. The summed E-state index contributed by atoms with van der Waals surface area (Å²) >= 11 is 5.89. The molecule has 3 rings (SSSR count). The van der Waals surface area contributed by atoms with Crippen molar-refractivity contribution in [3.8, 4) is 22.9 Å². The Labute approximate surface area is 155 Å². The number of aryl methyl sites for hydroxylation is 1. The number of benzene rings is 2. The summed E-state index contributed by atoms with van der Waals surface area (Å²) in [5, 5.41) is 12.8. The summed E-state index contributed by atoms with van der Waals surface area (Å²) in [4.78, 5) is 20.4.